The molecule has 9 heteroatoms. The third-order valence-corrected chi connectivity index (χ3v) is 7.02. The summed E-state index contributed by atoms with van der Waals surface area (Å²) in [6.45, 7) is 0. The molecule has 0 saturated carbocycles. The van der Waals surface area contributed by atoms with E-state index in [9.17, 15) is 31.1 Å². The van der Waals surface area contributed by atoms with Gasteiger partial charge < -0.3 is 0 Å². The molecule has 0 aliphatic heterocycles. The van der Waals surface area contributed by atoms with Gasteiger partial charge in [0.05, 0.1) is 22.2 Å². The smallest absolute Gasteiger partial charge is 0.288 e. The van der Waals surface area contributed by atoms with Gasteiger partial charge in [0.25, 0.3) is 0 Å². The van der Waals surface area contributed by atoms with Crippen LogP contribution in [0.3, 0.4) is 0 Å². The van der Waals surface area contributed by atoms with Gasteiger partial charge in [-0.25, -0.2) is 0 Å². The third-order valence-electron chi connectivity index (χ3n) is 7.02. The first kappa shape index (κ1) is 27.1. The van der Waals surface area contributed by atoms with Crippen molar-refractivity contribution < 1.29 is 31.1 Å². The molecule has 208 valence electrons. The Kier molecular flexibility index (Phi) is 6.52. The fourth-order valence-electron chi connectivity index (χ4n) is 5.22. The van der Waals surface area contributed by atoms with E-state index in [0.29, 0.717) is 11.1 Å². The molecular weight excluding hydrogens is 554 g/mol. The first-order valence-corrected chi connectivity index (χ1v) is 12.7. The van der Waals surface area contributed by atoms with Gasteiger partial charge in [-0.2, -0.15) is 26.3 Å². The van der Waals surface area contributed by atoms with Gasteiger partial charge >= 0.3 is 12.4 Å². The second-order valence-electron chi connectivity index (χ2n) is 9.55. The Labute approximate surface area is 235 Å². The van der Waals surface area contributed by atoms with Crippen molar-refractivity contribution in [1.29, 1.82) is 0 Å². The largest absolute Gasteiger partial charge is 0.418 e. The summed E-state index contributed by atoms with van der Waals surface area (Å²) in [6, 6.07) is 24.1. The number of aromatic nitrogens is 2. The molecule has 0 aliphatic carbocycles. The molecule has 0 amide bonds. The van der Waals surface area contributed by atoms with Crippen LogP contribution in [0.4, 0.5) is 26.3 Å². The van der Waals surface area contributed by atoms with Gasteiger partial charge in [0.15, 0.2) is 5.78 Å². The number of fused-ring (bicyclic) bond motifs is 2. The highest BCUT2D eigenvalue weighted by molar-refractivity contribution is 6.21. The number of halogens is 6. The second kappa shape index (κ2) is 10.1. The molecule has 0 unspecified atom stereocenters. The lowest BCUT2D eigenvalue weighted by molar-refractivity contribution is -0.137. The van der Waals surface area contributed by atoms with E-state index in [4.69, 9.17) is 0 Å². The number of para-hydroxylation sites is 2. The molecule has 0 radical (unpaired) electrons. The Morgan fingerprint density at radius 3 is 1.24 bits per heavy atom. The van der Waals surface area contributed by atoms with Crippen LogP contribution in [0.15, 0.2) is 109 Å². The first-order valence-electron chi connectivity index (χ1n) is 12.7. The molecule has 0 spiro atoms. The summed E-state index contributed by atoms with van der Waals surface area (Å²) in [5.74, 6) is -0.647. The second-order valence-corrected chi connectivity index (χ2v) is 9.55. The minimum absolute atomic E-state index is 0.0154. The lowest BCUT2D eigenvalue weighted by Gasteiger charge is -2.18. The van der Waals surface area contributed by atoms with Crippen molar-refractivity contribution >= 4 is 27.6 Å². The topological polar surface area (TPSA) is 42.9 Å². The van der Waals surface area contributed by atoms with Crippen molar-refractivity contribution in [2.45, 2.75) is 12.4 Å². The summed E-state index contributed by atoms with van der Waals surface area (Å²) < 4.78 is 83.3. The van der Waals surface area contributed by atoms with Crippen molar-refractivity contribution in [3.05, 3.63) is 132 Å². The molecule has 0 bridgehead atoms. The van der Waals surface area contributed by atoms with E-state index in [1.807, 2.05) is 0 Å². The zero-order valence-electron chi connectivity index (χ0n) is 21.5. The predicted molar refractivity (Wildman–Crippen MR) is 148 cm³/mol. The molecule has 0 fully saturated rings. The van der Waals surface area contributed by atoms with Gasteiger partial charge in [-0.3, -0.25) is 14.8 Å². The molecule has 0 saturated heterocycles. The van der Waals surface area contributed by atoms with Crippen LogP contribution in [0.5, 0.6) is 0 Å². The quantitative estimate of drug-likeness (QED) is 0.156. The Hall–Kier alpha value is -5.05. The van der Waals surface area contributed by atoms with Crippen LogP contribution in [0.1, 0.15) is 27.0 Å². The summed E-state index contributed by atoms with van der Waals surface area (Å²) in [7, 11) is 0. The summed E-state index contributed by atoms with van der Waals surface area (Å²) >= 11 is 0. The molecule has 0 N–H and O–H groups in total. The Balaban J connectivity index is 1.68. The number of ketones is 1. The summed E-state index contributed by atoms with van der Waals surface area (Å²) in [6.07, 6.45) is -7.20. The number of carbonyl (C=O) groups is 1. The van der Waals surface area contributed by atoms with Crippen molar-refractivity contribution in [1.82, 2.24) is 9.97 Å². The molecule has 6 aromatic rings. The van der Waals surface area contributed by atoms with E-state index in [1.54, 1.807) is 60.7 Å². The fraction of sp³-hybridized carbons (Fsp3) is 0.0606. The molecule has 0 atom stereocenters. The van der Waals surface area contributed by atoms with Gasteiger partial charge in [-0.15, -0.1) is 0 Å². The molecule has 4 aromatic carbocycles. The lowest BCUT2D eigenvalue weighted by atomic mass is 9.87. The SMILES string of the molecule is O=C(c1cnc2c(C(F)(F)F)cccc2c1-c1ccccc1)c1cnc2c(C(F)(F)F)cccc2c1-c1ccccc1. The average Bonchev–Trinajstić information content (AvgIpc) is 2.98. The monoisotopic (exact) mass is 572 g/mol. The number of alkyl halides is 6. The Bertz CT molecular complexity index is 1820. The Morgan fingerprint density at radius 1 is 0.500 bits per heavy atom. The Morgan fingerprint density at radius 2 is 0.881 bits per heavy atom. The van der Waals surface area contributed by atoms with Crippen LogP contribution in [-0.2, 0) is 12.4 Å². The van der Waals surface area contributed by atoms with Crippen molar-refractivity contribution in [3.8, 4) is 22.3 Å². The average molecular weight is 573 g/mol. The molecular formula is C33H18F6N2O. The minimum atomic E-state index is -4.69. The van der Waals surface area contributed by atoms with E-state index < -0.39 is 29.3 Å². The maximum atomic E-state index is 14.4. The van der Waals surface area contributed by atoms with Crippen molar-refractivity contribution in [3.63, 3.8) is 0 Å². The number of hydrogen-bond donors (Lipinski definition) is 0. The molecule has 3 nitrogen and oxygen atoms in total. The molecule has 6 rings (SSSR count). The maximum Gasteiger partial charge on any atom is 0.418 e. The molecule has 2 aromatic heterocycles. The third kappa shape index (κ3) is 4.66. The highest BCUT2D eigenvalue weighted by atomic mass is 19.4. The van der Waals surface area contributed by atoms with Crippen LogP contribution < -0.4 is 0 Å². The van der Waals surface area contributed by atoms with Gasteiger partial charge in [-0.1, -0.05) is 84.9 Å². The number of hydrogen-bond acceptors (Lipinski definition) is 3. The van der Waals surface area contributed by atoms with E-state index in [2.05, 4.69) is 9.97 Å². The van der Waals surface area contributed by atoms with Crippen molar-refractivity contribution in [2.75, 3.05) is 0 Å². The van der Waals surface area contributed by atoms with E-state index in [0.717, 1.165) is 24.5 Å². The summed E-state index contributed by atoms with van der Waals surface area (Å²) in [5, 5.41) is 0.215. The normalized spacial score (nSPS) is 12.1. The van der Waals surface area contributed by atoms with Crippen LogP contribution in [0, 0.1) is 0 Å². The molecule has 42 heavy (non-hydrogen) atoms. The summed E-state index contributed by atoms with van der Waals surface area (Å²) in [5.41, 5.74) is -1.19. The zero-order chi connectivity index (χ0) is 29.6. The van der Waals surface area contributed by atoms with Crippen molar-refractivity contribution in [2.24, 2.45) is 0 Å². The van der Waals surface area contributed by atoms with Crippen LogP contribution in [0.25, 0.3) is 44.1 Å². The predicted octanol–water partition coefficient (Wildman–Crippen LogP) is 9.39. The number of rotatable bonds is 4. The molecule has 2 heterocycles. The zero-order valence-corrected chi connectivity index (χ0v) is 21.5. The maximum absolute atomic E-state index is 14.4. The lowest BCUT2D eigenvalue weighted by Crippen LogP contribution is -2.12. The first-order chi connectivity index (χ1) is 20.1. The van der Waals surface area contributed by atoms with Crippen LogP contribution in [0.2, 0.25) is 0 Å². The highest BCUT2D eigenvalue weighted by Crippen LogP contribution is 2.42. The minimum Gasteiger partial charge on any atom is -0.288 e. The summed E-state index contributed by atoms with van der Waals surface area (Å²) in [4.78, 5) is 22.5. The standard InChI is InChI=1S/C33H18F6N2O/c34-32(35,36)25-15-7-13-21-27(19-9-3-1-4-10-19)23(17-40-29(21)25)31(42)24-18-41-30-22(14-8-16-26(30)33(37,38)39)28(24)20-11-5-2-6-12-20/h1-18H. The van der Waals surface area contributed by atoms with E-state index in [1.165, 1.54) is 24.3 Å². The fourth-order valence-corrected chi connectivity index (χ4v) is 5.22. The van der Waals surface area contributed by atoms with E-state index >= 15 is 0 Å². The number of nitrogens with zero attached hydrogens (tertiary/aromatic N) is 2. The van der Waals surface area contributed by atoms with Crippen LogP contribution in [-0.4, -0.2) is 15.8 Å². The van der Waals surface area contributed by atoms with Gasteiger partial charge in [0, 0.05) is 45.4 Å². The van der Waals surface area contributed by atoms with Gasteiger partial charge in [-0.05, 0) is 23.3 Å². The van der Waals surface area contributed by atoms with Crippen LogP contribution >= 0.6 is 0 Å². The van der Waals surface area contributed by atoms with Gasteiger partial charge in [0.2, 0.25) is 0 Å². The number of benzene rings is 4. The van der Waals surface area contributed by atoms with Gasteiger partial charge in [0.1, 0.15) is 0 Å². The highest BCUT2D eigenvalue weighted by Gasteiger charge is 2.36. The van der Waals surface area contributed by atoms with E-state index in [-0.39, 0.29) is 44.1 Å². The molecule has 0 aliphatic rings. The number of carbonyl (C=O) groups excluding carboxylic acids is 1. The number of pyridine rings is 2.